The van der Waals surface area contributed by atoms with Crippen LogP contribution in [0.3, 0.4) is 0 Å². The van der Waals surface area contributed by atoms with E-state index in [2.05, 4.69) is 40.1 Å². The number of benzene rings is 3. The van der Waals surface area contributed by atoms with Crippen LogP contribution in [-0.4, -0.2) is 87.1 Å². The van der Waals surface area contributed by atoms with Crippen LogP contribution in [0.2, 0.25) is 0 Å². The van der Waals surface area contributed by atoms with Crippen LogP contribution in [0.5, 0.6) is 0 Å². The average Bonchev–Trinajstić information content (AvgIpc) is 3.29. The number of halogens is 2. The molecule has 1 aliphatic carbocycles. The molecule has 0 spiro atoms. The third kappa shape index (κ3) is 6.43. The van der Waals surface area contributed by atoms with Gasteiger partial charge in [-0.1, -0.05) is 42.5 Å². The first-order valence-electron chi connectivity index (χ1n) is 14.1. The molecule has 2 heterocycles. The fourth-order valence-electron chi connectivity index (χ4n) is 6.13. The van der Waals surface area contributed by atoms with E-state index in [9.17, 15) is 9.59 Å². The Hall–Kier alpha value is -2.32. The van der Waals surface area contributed by atoms with E-state index in [-0.39, 0.29) is 36.4 Å². The number of morpholine rings is 2. The molecule has 40 heavy (non-hydrogen) atoms. The molecule has 3 aliphatic rings. The second-order valence-electron chi connectivity index (χ2n) is 10.6. The molecule has 2 fully saturated rings. The zero-order valence-corrected chi connectivity index (χ0v) is 24.5. The van der Waals surface area contributed by atoms with Gasteiger partial charge in [-0.05, 0) is 65.0 Å². The maximum absolute atomic E-state index is 13.3. The van der Waals surface area contributed by atoms with Crippen LogP contribution in [0.4, 0.5) is 0 Å². The average molecular weight is 586 g/mol. The number of carbonyl (C=O) groups is 2. The summed E-state index contributed by atoms with van der Waals surface area (Å²) in [7, 11) is 0. The normalized spacial score (nSPS) is 16.7. The maximum Gasteiger partial charge on any atom is 0.163 e. The van der Waals surface area contributed by atoms with Crippen LogP contribution in [0.1, 0.15) is 46.4 Å². The molecule has 2 aliphatic heterocycles. The van der Waals surface area contributed by atoms with Crippen molar-refractivity contribution in [1.29, 1.82) is 0 Å². The van der Waals surface area contributed by atoms with Crippen LogP contribution < -0.4 is 0 Å². The fourth-order valence-corrected chi connectivity index (χ4v) is 6.13. The zero-order valence-electron chi connectivity index (χ0n) is 22.9. The number of fused-ring (bicyclic) bond motifs is 3. The van der Waals surface area contributed by atoms with Crippen molar-refractivity contribution in [3.05, 3.63) is 59.7 Å². The third-order valence-corrected chi connectivity index (χ3v) is 8.23. The summed E-state index contributed by atoms with van der Waals surface area (Å²) in [6, 6.07) is 16.4. The molecule has 0 aromatic heterocycles. The van der Waals surface area contributed by atoms with Gasteiger partial charge in [0, 0.05) is 50.1 Å². The number of nitrogens with zero attached hydrogens (tertiary/aromatic N) is 2. The second-order valence-corrected chi connectivity index (χ2v) is 10.6. The number of hydrogen-bond acceptors (Lipinski definition) is 6. The minimum atomic E-state index is 0. The molecule has 6 rings (SSSR count). The molecule has 0 N–H and O–H groups in total. The Morgan fingerprint density at radius 3 is 1.88 bits per heavy atom. The molecule has 0 radical (unpaired) electrons. The highest BCUT2D eigenvalue weighted by Crippen LogP contribution is 2.48. The number of rotatable bonds is 10. The molecular weight excluding hydrogens is 547 g/mol. The summed E-state index contributed by atoms with van der Waals surface area (Å²) in [5.41, 5.74) is 6.10. The predicted molar refractivity (Wildman–Crippen MR) is 165 cm³/mol. The van der Waals surface area contributed by atoms with Gasteiger partial charge in [-0.2, -0.15) is 0 Å². The fraction of sp³-hybridized carbons (Fsp3) is 0.438. The van der Waals surface area contributed by atoms with Gasteiger partial charge in [-0.3, -0.25) is 19.4 Å². The first kappa shape index (κ1) is 30.6. The monoisotopic (exact) mass is 584 g/mol. The van der Waals surface area contributed by atoms with Crippen LogP contribution in [0.25, 0.3) is 33.0 Å². The molecule has 3 aromatic carbocycles. The summed E-state index contributed by atoms with van der Waals surface area (Å²) in [5, 5.41) is 2.16. The topological polar surface area (TPSA) is 59.1 Å². The van der Waals surface area contributed by atoms with E-state index >= 15 is 0 Å². The Bertz CT molecular complexity index is 1350. The van der Waals surface area contributed by atoms with Crippen molar-refractivity contribution in [2.75, 3.05) is 65.7 Å². The van der Waals surface area contributed by atoms with Crippen LogP contribution >= 0.6 is 24.8 Å². The lowest BCUT2D eigenvalue weighted by Gasteiger charge is -2.26. The molecule has 0 amide bonds. The summed E-state index contributed by atoms with van der Waals surface area (Å²) in [4.78, 5) is 31.1. The van der Waals surface area contributed by atoms with Gasteiger partial charge < -0.3 is 9.47 Å². The van der Waals surface area contributed by atoms with E-state index < -0.39 is 0 Å². The zero-order chi connectivity index (χ0) is 25.9. The highest BCUT2D eigenvalue weighted by atomic mass is 35.5. The number of hydrogen-bond donors (Lipinski definition) is 0. The van der Waals surface area contributed by atoms with Gasteiger partial charge in [0.15, 0.2) is 11.6 Å². The number of carbonyl (C=O) groups excluding carboxylic acids is 2. The van der Waals surface area contributed by atoms with E-state index in [1.165, 1.54) is 0 Å². The highest BCUT2D eigenvalue weighted by Gasteiger charge is 2.25. The third-order valence-electron chi connectivity index (χ3n) is 8.23. The SMILES string of the molecule is Cl.Cl.O=C(CCCN1CCOCC1)c1ccc2c(c1)-c1ccc(C(=O)CCCN3CCOCC3)c3cccc-2c13. The quantitative estimate of drug-likeness (QED) is 0.216. The summed E-state index contributed by atoms with van der Waals surface area (Å²) in [5.74, 6) is 0.398. The standard InChI is InChI=1S/C32H36N2O4.2ClH/c35-30(6-2-12-33-14-18-37-19-15-33)23-8-9-24-26-4-1-5-27-25(10-11-28(32(26)27)29(24)22-23)31(36)7-3-13-34-16-20-38-21-17-34;;/h1,4-5,8-11,22H,2-3,6-7,12-21H2;2*1H. The van der Waals surface area contributed by atoms with Crippen LogP contribution in [0, 0.1) is 0 Å². The van der Waals surface area contributed by atoms with Gasteiger partial charge in [0.2, 0.25) is 0 Å². The van der Waals surface area contributed by atoms with Crippen LogP contribution in [-0.2, 0) is 9.47 Å². The Morgan fingerprint density at radius 2 is 1.23 bits per heavy atom. The minimum absolute atomic E-state index is 0. The van der Waals surface area contributed by atoms with E-state index in [4.69, 9.17) is 9.47 Å². The molecule has 2 saturated heterocycles. The Balaban J connectivity index is 0.00000185. The molecule has 0 saturated carbocycles. The molecule has 8 heteroatoms. The van der Waals surface area contributed by atoms with Crippen molar-refractivity contribution in [3.8, 4) is 22.3 Å². The molecule has 0 atom stereocenters. The lowest BCUT2D eigenvalue weighted by atomic mass is 9.94. The Kier molecular flexibility index (Phi) is 10.7. The molecule has 3 aromatic rings. The van der Waals surface area contributed by atoms with Gasteiger partial charge in [0.05, 0.1) is 26.4 Å². The van der Waals surface area contributed by atoms with Gasteiger partial charge in [0.25, 0.3) is 0 Å². The van der Waals surface area contributed by atoms with Crippen molar-refractivity contribution >= 4 is 47.2 Å². The first-order chi connectivity index (χ1) is 18.7. The van der Waals surface area contributed by atoms with Crippen molar-refractivity contribution < 1.29 is 19.1 Å². The molecule has 6 nitrogen and oxygen atoms in total. The van der Waals surface area contributed by atoms with Crippen LogP contribution in [0.15, 0.2) is 48.5 Å². The van der Waals surface area contributed by atoms with Gasteiger partial charge >= 0.3 is 0 Å². The molecule has 214 valence electrons. The number of Topliss-reactive ketones (excluding diaryl/α,β-unsaturated/α-hetero) is 2. The molecular formula is C32H38Cl2N2O4. The highest BCUT2D eigenvalue weighted by molar-refractivity contribution is 6.21. The maximum atomic E-state index is 13.3. The van der Waals surface area contributed by atoms with Crippen molar-refractivity contribution in [1.82, 2.24) is 9.80 Å². The van der Waals surface area contributed by atoms with Crippen molar-refractivity contribution in [2.24, 2.45) is 0 Å². The second kappa shape index (κ2) is 14.0. The summed E-state index contributed by atoms with van der Waals surface area (Å²) in [6.07, 6.45) is 2.82. The number of ketones is 2. The Labute approximate surface area is 248 Å². The molecule has 0 unspecified atom stereocenters. The summed E-state index contributed by atoms with van der Waals surface area (Å²) in [6.45, 7) is 8.81. The summed E-state index contributed by atoms with van der Waals surface area (Å²) < 4.78 is 10.8. The lowest BCUT2D eigenvalue weighted by Crippen LogP contribution is -2.36. The minimum Gasteiger partial charge on any atom is -0.379 e. The predicted octanol–water partition coefficient (Wildman–Crippen LogP) is 5.92. The van der Waals surface area contributed by atoms with Gasteiger partial charge in [-0.25, -0.2) is 0 Å². The van der Waals surface area contributed by atoms with E-state index in [0.29, 0.717) is 12.8 Å². The van der Waals surface area contributed by atoms with Gasteiger partial charge in [-0.15, -0.1) is 24.8 Å². The smallest absolute Gasteiger partial charge is 0.163 e. The van der Waals surface area contributed by atoms with E-state index in [1.54, 1.807) is 0 Å². The number of ether oxygens (including phenoxy) is 2. The van der Waals surface area contributed by atoms with E-state index in [1.807, 2.05) is 18.2 Å². The van der Waals surface area contributed by atoms with Crippen molar-refractivity contribution in [3.63, 3.8) is 0 Å². The lowest BCUT2D eigenvalue weighted by molar-refractivity contribution is 0.0370. The Morgan fingerprint density at radius 1 is 0.650 bits per heavy atom. The largest absolute Gasteiger partial charge is 0.379 e. The molecule has 0 bridgehead atoms. The summed E-state index contributed by atoms with van der Waals surface area (Å²) >= 11 is 0. The first-order valence-corrected chi connectivity index (χ1v) is 14.1. The van der Waals surface area contributed by atoms with Crippen molar-refractivity contribution in [2.45, 2.75) is 25.7 Å². The van der Waals surface area contributed by atoms with Gasteiger partial charge in [0.1, 0.15) is 0 Å². The van der Waals surface area contributed by atoms with E-state index in [0.717, 1.165) is 123 Å².